The fourth-order valence-corrected chi connectivity index (χ4v) is 3.09. The molecule has 1 aromatic heterocycles. The van der Waals surface area contributed by atoms with Gasteiger partial charge in [0.25, 0.3) is 5.91 Å². The third-order valence-corrected chi connectivity index (χ3v) is 4.39. The molecule has 2 N–H and O–H groups in total. The van der Waals surface area contributed by atoms with Crippen molar-refractivity contribution in [3.8, 4) is 5.69 Å². The highest BCUT2D eigenvalue weighted by molar-refractivity contribution is 5.94. The third kappa shape index (κ3) is 2.90. The number of nitrogens with two attached hydrogens (primary N) is 1. The van der Waals surface area contributed by atoms with E-state index in [4.69, 9.17) is 5.73 Å². The summed E-state index contributed by atoms with van der Waals surface area (Å²) < 4.78 is 1.78. The molecule has 0 bridgehead atoms. The lowest BCUT2D eigenvalue weighted by Crippen LogP contribution is -2.49. The minimum Gasteiger partial charge on any atom is -0.334 e. The number of benzene rings is 1. The molecule has 0 radical (unpaired) electrons. The highest BCUT2D eigenvalue weighted by Crippen LogP contribution is 2.24. The molecule has 0 spiro atoms. The second kappa shape index (κ2) is 6.32. The monoisotopic (exact) mass is 298 g/mol. The van der Waals surface area contributed by atoms with E-state index in [0.717, 1.165) is 25.1 Å². The van der Waals surface area contributed by atoms with E-state index in [1.54, 1.807) is 10.9 Å². The molecule has 1 fully saturated rings. The number of rotatable bonds is 3. The zero-order valence-corrected chi connectivity index (χ0v) is 12.9. The molecule has 1 aromatic carbocycles. The maximum absolute atomic E-state index is 12.7. The van der Waals surface area contributed by atoms with Crippen molar-refractivity contribution in [2.75, 3.05) is 13.1 Å². The first-order chi connectivity index (χ1) is 10.7. The molecule has 116 valence electrons. The van der Waals surface area contributed by atoms with Gasteiger partial charge in [-0.15, -0.1) is 0 Å². The van der Waals surface area contributed by atoms with Crippen molar-refractivity contribution in [1.82, 2.24) is 14.7 Å². The van der Waals surface area contributed by atoms with Crippen LogP contribution in [0.5, 0.6) is 0 Å². The number of carbonyl (C=O) groups excluding carboxylic acids is 1. The van der Waals surface area contributed by atoms with Crippen LogP contribution >= 0.6 is 0 Å². The minimum atomic E-state index is 0.0781. The number of piperidine rings is 1. The van der Waals surface area contributed by atoms with Crippen LogP contribution in [0.4, 0.5) is 0 Å². The molecular formula is C17H22N4O. The second-order valence-electron chi connectivity index (χ2n) is 6.02. The Labute approximate surface area is 130 Å². The first kappa shape index (κ1) is 14.8. The van der Waals surface area contributed by atoms with Gasteiger partial charge in [-0.2, -0.15) is 5.10 Å². The van der Waals surface area contributed by atoms with Crippen molar-refractivity contribution < 1.29 is 4.79 Å². The molecule has 5 nitrogen and oxygen atoms in total. The van der Waals surface area contributed by atoms with Gasteiger partial charge in [-0.25, -0.2) is 4.68 Å². The Bertz CT molecular complexity index is 621. The van der Waals surface area contributed by atoms with Crippen LogP contribution in [0.25, 0.3) is 5.69 Å². The number of hydrogen-bond acceptors (Lipinski definition) is 3. The molecule has 1 saturated heterocycles. The van der Waals surface area contributed by atoms with E-state index in [1.165, 1.54) is 0 Å². The van der Waals surface area contributed by atoms with Crippen LogP contribution in [0.1, 0.15) is 30.1 Å². The van der Waals surface area contributed by atoms with E-state index >= 15 is 0 Å². The van der Waals surface area contributed by atoms with E-state index in [9.17, 15) is 4.79 Å². The van der Waals surface area contributed by atoms with Crippen molar-refractivity contribution in [1.29, 1.82) is 0 Å². The first-order valence-electron chi connectivity index (χ1n) is 7.80. The minimum absolute atomic E-state index is 0.0781. The van der Waals surface area contributed by atoms with Crippen LogP contribution in [0, 0.1) is 5.92 Å². The third-order valence-electron chi connectivity index (χ3n) is 4.39. The summed E-state index contributed by atoms with van der Waals surface area (Å²) in [5.74, 6) is 0.717. The molecule has 5 heteroatoms. The standard InChI is InChI=1S/C17H22N4O/c1-13-7-10-20(16(11-13)12-18)17(22)14-3-5-15(6-4-14)21-9-2-8-19-21/h2-6,8-9,13,16H,7,10-12,18H2,1H3. The molecule has 0 saturated carbocycles. The van der Waals surface area contributed by atoms with Crippen LogP contribution in [0.2, 0.25) is 0 Å². The lowest BCUT2D eigenvalue weighted by Gasteiger charge is -2.38. The number of hydrogen-bond donors (Lipinski definition) is 1. The maximum atomic E-state index is 12.7. The van der Waals surface area contributed by atoms with E-state index in [0.29, 0.717) is 18.0 Å². The fraction of sp³-hybridized carbons (Fsp3) is 0.412. The maximum Gasteiger partial charge on any atom is 0.254 e. The van der Waals surface area contributed by atoms with Crippen LogP contribution in [0.15, 0.2) is 42.7 Å². The molecule has 1 aliphatic rings. The van der Waals surface area contributed by atoms with E-state index in [-0.39, 0.29) is 11.9 Å². The summed E-state index contributed by atoms with van der Waals surface area (Å²) in [5, 5.41) is 4.19. The lowest BCUT2D eigenvalue weighted by atomic mass is 9.92. The summed E-state index contributed by atoms with van der Waals surface area (Å²) in [5.41, 5.74) is 7.51. The Kier molecular flexibility index (Phi) is 4.24. The zero-order chi connectivity index (χ0) is 15.5. The van der Waals surface area contributed by atoms with E-state index in [1.807, 2.05) is 41.4 Å². The normalized spacial score (nSPS) is 21.8. The van der Waals surface area contributed by atoms with Gasteiger partial charge in [-0.1, -0.05) is 6.92 Å². The summed E-state index contributed by atoms with van der Waals surface area (Å²) in [4.78, 5) is 14.7. The van der Waals surface area contributed by atoms with Gasteiger partial charge in [0.1, 0.15) is 0 Å². The molecule has 1 aliphatic heterocycles. The summed E-state index contributed by atoms with van der Waals surface area (Å²) in [6.45, 7) is 3.55. The highest BCUT2D eigenvalue weighted by atomic mass is 16.2. The Balaban J connectivity index is 1.77. The summed E-state index contributed by atoms with van der Waals surface area (Å²) >= 11 is 0. The summed E-state index contributed by atoms with van der Waals surface area (Å²) in [7, 11) is 0. The quantitative estimate of drug-likeness (QED) is 0.943. The van der Waals surface area contributed by atoms with Gasteiger partial charge in [0, 0.05) is 37.1 Å². The van der Waals surface area contributed by atoms with Gasteiger partial charge in [0.05, 0.1) is 5.69 Å². The Morgan fingerprint density at radius 2 is 2.14 bits per heavy atom. The van der Waals surface area contributed by atoms with Gasteiger partial charge in [-0.05, 0) is 49.1 Å². The average Bonchev–Trinajstić information content (AvgIpc) is 3.08. The number of amides is 1. The van der Waals surface area contributed by atoms with Crippen LogP contribution < -0.4 is 5.73 Å². The van der Waals surface area contributed by atoms with Gasteiger partial charge < -0.3 is 10.6 Å². The van der Waals surface area contributed by atoms with Gasteiger partial charge in [0.2, 0.25) is 0 Å². The van der Waals surface area contributed by atoms with Crippen molar-refractivity contribution in [2.45, 2.75) is 25.8 Å². The smallest absolute Gasteiger partial charge is 0.254 e. The van der Waals surface area contributed by atoms with E-state index in [2.05, 4.69) is 12.0 Å². The first-order valence-corrected chi connectivity index (χ1v) is 7.80. The molecular weight excluding hydrogens is 276 g/mol. The predicted octanol–water partition coefficient (Wildman–Crippen LogP) is 2.07. The number of aromatic nitrogens is 2. The van der Waals surface area contributed by atoms with Crippen molar-refractivity contribution in [3.63, 3.8) is 0 Å². The van der Waals surface area contributed by atoms with Crippen LogP contribution in [0.3, 0.4) is 0 Å². The van der Waals surface area contributed by atoms with Gasteiger partial charge in [-0.3, -0.25) is 4.79 Å². The average molecular weight is 298 g/mol. The molecule has 2 atom stereocenters. The largest absolute Gasteiger partial charge is 0.334 e. The molecule has 22 heavy (non-hydrogen) atoms. The summed E-state index contributed by atoms with van der Waals surface area (Å²) in [6, 6.07) is 9.60. The fourth-order valence-electron chi connectivity index (χ4n) is 3.09. The van der Waals surface area contributed by atoms with Crippen LogP contribution in [-0.2, 0) is 0 Å². The Hall–Kier alpha value is -2.14. The lowest BCUT2D eigenvalue weighted by molar-refractivity contribution is 0.0573. The van der Waals surface area contributed by atoms with Crippen molar-refractivity contribution in [2.24, 2.45) is 11.7 Å². The molecule has 1 amide bonds. The highest BCUT2D eigenvalue weighted by Gasteiger charge is 2.29. The zero-order valence-electron chi connectivity index (χ0n) is 12.9. The summed E-state index contributed by atoms with van der Waals surface area (Å²) in [6.07, 6.45) is 5.66. The SMILES string of the molecule is CC1CCN(C(=O)c2ccc(-n3cccn3)cc2)C(CN)C1. The number of nitrogens with zero attached hydrogens (tertiary/aromatic N) is 3. The van der Waals surface area contributed by atoms with E-state index < -0.39 is 0 Å². The molecule has 0 aliphatic carbocycles. The number of likely N-dealkylation sites (tertiary alicyclic amines) is 1. The molecule has 2 aromatic rings. The van der Waals surface area contributed by atoms with Crippen LogP contribution in [-0.4, -0.2) is 39.7 Å². The Morgan fingerprint density at radius 3 is 2.77 bits per heavy atom. The van der Waals surface area contributed by atoms with Crippen molar-refractivity contribution >= 4 is 5.91 Å². The van der Waals surface area contributed by atoms with Gasteiger partial charge >= 0.3 is 0 Å². The predicted molar refractivity (Wildman–Crippen MR) is 85.8 cm³/mol. The second-order valence-corrected chi connectivity index (χ2v) is 6.02. The number of carbonyl (C=O) groups is 1. The van der Waals surface area contributed by atoms with Gasteiger partial charge in [0.15, 0.2) is 0 Å². The van der Waals surface area contributed by atoms with Crippen molar-refractivity contribution in [3.05, 3.63) is 48.3 Å². The molecule has 3 rings (SSSR count). The Morgan fingerprint density at radius 1 is 1.36 bits per heavy atom. The molecule has 2 heterocycles. The molecule has 2 unspecified atom stereocenters. The topological polar surface area (TPSA) is 64.2 Å².